The van der Waals surface area contributed by atoms with Gasteiger partial charge >= 0.3 is 0 Å². The van der Waals surface area contributed by atoms with Gasteiger partial charge in [-0.1, -0.05) is 23.7 Å². The van der Waals surface area contributed by atoms with Crippen LogP contribution in [0.15, 0.2) is 24.3 Å². The number of benzene rings is 1. The summed E-state index contributed by atoms with van der Waals surface area (Å²) in [6, 6.07) is 7.64. The van der Waals surface area contributed by atoms with E-state index in [1.54, 1.807) is 4.90 Å². The first-order valence-corrected chi connectivity index (χ1v) is 8.68. The van der Waals surface area contributed by atoms with Gasteiger partial charge in [0.25, 0.3) is 0 Å². The molecule has 0 aliphatic carbocycles. The minimum absolute atomic E-state index is 0.164. The largest absolute Gasteiger partial charge is 0.388 e. The van der Waals surface area contributed by atoms with Crippen LogP contribution in [0.1, 0.15) is 38.4 Å². The number of amides is 1. The Morgan fingerprint density at radius 3 is 2.39 bits per heavy atom. The number of likely N-dealkylation sites (N-methyl/N-ethyl adjacent to an activating group) is 1. The number of hydrogen-bond acceptors (Lipinski definition) is 3. The third kappa shape index (κ3) is 4.93. The molecule has 1 fully saturated rings. The van der Waals surface area contributed by atoms with E-state index in [1.165, 1.54) is 0 Å². The van der Waals surface area contributed by atoms with Gasteiger partial charge in [-0.15, -0.1) is 0 Å². The molecule has 1 aliphatic rings. The molecule has 1 heterocycles. The summed E-state index contributed by atoms with van der Waals surface area (Å²) >= 11 is 5.89. The van der Waals surface area contributed by atoms with Crippen LogP contribution in [-0.4, -0.2) is 53.5 Å². The zero-order chi connectivity index (χ0) is 17.0. The Kier molecular flexibility index (Phi) is 6.45. The number of nitrogens with zero attached hydrogens (tertiary/aromatic N) is 2. The van der Waals surface area contributed by atoms with Gasteiger partial charge in [0.15, 0.2) is 0 Å². The number of piperidine rings is 1. The van der Waals surface area contributed by atoms with Crippen molar-refractivity contribution in [2.24, 2.45) is 5.92 Å². The lowest BCUT2D eigenvalue weighted by Crippen LogP contribution is -2.44. The smallest absolute Gasteiger partial charge is 0.236 e. The van der Waals surface area contributed by atoms with Crippen LogP contribution in [0.2, 0.25) is 5.02 Å². The van der Waals surface area contributed by atoms with Crippen molar-refractivity contribution in [3.63, 3.8) is 0 Å². The molecule has 0 spiro atoms. The molecule has 0 saturated carbocycles. The first kappa shape index (κ1) is 18.2. The Bertz CT molecular complexity index is 510. The van der Waals surface area contributed by atoms with Crippen LogP contribution >= 0.6 is 11.6 Å². The number of hydrogen-bond donors (Lipinski definition) is 1. The Labute approximate surface area is 144 Å². The summed E-state index contributed by atoms with van der Waals surface area (Å²) in [7, 11) is 1.85. The second-order valence-electron chi connectivity index (χ2n) is 6.71. The summed E-state index contributed by atoms with van der Waals surface area (Å²) < 4.78 is 0. The molecule has 1 aromatic rings. The summed E-state index contributed by atoms with van der Waals surface area (Å²) in [5.74, 6) is 0.405. The zero-order valence-corrected chi connectivity index (χ0v) is 15.0. The fourth-order valence-corrected chi connectivity index (χ4v) is 3.08. The molecule has 1 N–H and O–H groups in total. The molecule has 1 aliphatic heterocycles. The van der Waals surface area contributed by atoms with Crippen molar-refractivity contribution < 1.29 is 9.90 Å². The number of carbonyl (C=O) groups excluding carboxylic acids is 1. The van der Waals surface area contributed by atoms with Gasteiger partial charge < -0.3 is 10.0 Å². The molecule has 0 aromatic heterocycles. The molecule has 1 atom stereocenters. The monoisotopic (exact) mass is 338 g/mol. The van der Waals surface area contributed by atoms with Gasteiger partial charge in [0.05, 0.1) is 12.6 Å². The molecule has 1 aromatic carbocycles. The fourth-order valence-electron chi connectivity index (χ4n) is 2.95. The first-order chi connectivity index (χ1) is 10.9. The molecular formula is C18H27ClN2O2. The van der Waals surface area contributed by atoms with Crippen molar-refractivity contribution in [2.45, 2.75) is 38.8 Å². The minimum Gasteiger partial charge on any atom is -0.388 e. The van der Waals surface area contributed by atoms with E-state index in [1.807, 2.05) is 45.2 Å². The van der Waals surface area contributed by atoms with E-state index < -0.39 is 6.10 Å². The molecule has 1 amide bonds. The van der Waals surface area contributed by atoms with Crippen molar-refractivity contribution >= 4 is 17.5 Å². The van der Waals surface area contributed by atoms with E-state index in [-0.39, 0.29) is 17.9 Å². The quantitative estimate of drug-likeness (QED) is 0.897. The van der Waals surface area contributed by atoms with Gasteiger partial charge in [0.1, 0.15) is 0 Å². The van der Waals surface area contributed by atoms with Gasteiger partial charge in [-0.05, 0) is 63.4 Å². The second kappa shape index (κ2) is 8.13. The highest BCUT2D eigenvalue weighted by Crippen LogP contribution is 2.31. The number of halogens is 1. The lowest BCUT2D eigenvalue weighted by Gasteiger charge is -2.35. The van der Waals surface area contributed by atoms with E-state index in [9.17, 15) is 9.90 Å². The normalized spacial score (nSPS) is 18.2. The van der Waals surface area contributed by atoms with Crippen molar-refractivity contribution in [3.8, 4) is 0 Å². The van der Waals surface area contributed by atoms with Crippen molar-refractivity contribution in [3.05, 3.63) is 34.9 Å². The molecule has 0 bridgehead atoms. The van der Waals surface area contributed by atoms with E-state index in [4.69, 9.17) is 11.6 Å². The maximum Gasteiger partial charge on any atom is 0.236 e. The molecule has 5 heteroatoms. The van der Waals surface area contributed by atoms with Gasteiger partial charge in [-0.2, -0.15) is 0 Å². The molecule has 0 radical (unpaired) electrons. The molecule has 4 nitrogen and oxygen atoms in total. The van der Waals surface area contributed by atoms with Crippen LogP contribution in [0.4, 0.5) is 0 Å². The highest BCUT2D eigenvalue weighted by Gasteiger charge is 2.27. The minimum atomic E-state index is -0.455. The van der Waals surface area contributed by atoms with E-state index in [0.717, 1.165) is 31.5 Å². The average molecular weight is 339 g/mol. The molecular weight excluding hydrogens is 312 g/mol. The second-order valence-corrected chi connectivity index (χ2v) is 7.14. The standard InChI is InChI=1S/C18H27ClN2O2/c1-13(2)20(3)17(22)12-21-10-8-15(9-11-21)18(23)14-4-6-16(19)7-5-14/h4-7,13,15,18,23H,8-12H2,1-3H3. The molecule has 128 valence electrons. The topological polar surface area (TPSA) is 43.8 Å². The van der Waals surface area contributed by atoms with Crippen LogP contribution in [0.5, 0.6) is 0 Å². The zero-order valence-electron chi connectivity index (χ0n) is 14.2. The van der Waals surface area contributed by atoms with Crippen LogP contribution in [0.25, 0.3) is 0 Å². The molecule has 2 rings (SSSR count). The van der Waals surface area contributed by atoms with E-state index in [2.05, 4.69) is 4.90 Å². The third-order valence-corrected chi connectivity index (χ3v) is 5.07. The lowest BCUT2D eigenvalue weighted by molar-refractivity contribution is -0.133. The van der Waals surface area contributed by atoms with Gasteiger partial charge in [0.2, 0.25) is 5.91 Å². The molecule has 1 saturated heterocycles. The fraction of sp³-hybridized carbons (Fsp3) is 0.611. The predicted molar refractivity (Wildman–Crippen MR) is 93.5 cm³/mol. The van der Waals surface area contributed by atoms with Crippen molar-refractivity contribution in [2.75, 3.05) is 26.7 Å². The van der Waals surface area contributed by atoms with Crippen LogP contribution < -0.4 is 0 Å². The molecule has 1 unspecified atom stereocenters. The number of rotatable bonds is 5. The summed E-state index contributed by atoms with van der Waals surface area (Å²) in [6.45, 7) is 6.22. The van der Waals surface area contributed by atoms with Crippen LogP contribution in [-0.2, 0) is 4.79 Å². The van der Waals surface area contributed by atoms with Gasteiger partial charge in [-0.25, -0.2) is 0 Å². The molecule has 23 heavy (non-hydrogen) atoms. The third-order valence-electron chi connectivity index (χ3n) is 4.82. The Morgan fingerprint density at radius 1 is 1.30 bits per heavy atom. The number of likely N-dealkylation sites (tertiary alicyclic amines) is 1. The predicted octanol–water partition coefficient (Wildman–Crippen LogP) is 2.95. The van der Waals surface area contributed by atoms with Crippen molar-refractivity contribution in [1.29, 1.82) is 0 Å². The number of carbonyl (C=O) groups is 1. The van der Waals surface area contributed by atoms with Crippen molar-refractivity contribution in [1.82, 2.24) is 9.80 Å². The van der Waals surface area contributed by atoms with E-state index >= 15 is 0 Å². The highest BCUT2D eigenvalue weighted by atomic mass is 35.5. The summed E-state index contributed by atoms with van der Waals surface area (Å²) in [6.07, 6.45) is 1.36. The Balaban J connectivity index is 1.84. The number of aliphatic hydroxyl groups is 1. The summed E-state index contributed by atoms with van der Waals surface area (Å²) in [5, 5.41) is 11.2. The maximum absolute atomic E-state index is 12.1. The SMILES string of the molecule is CC(C)N(C)C(=O)CN1CCC(C(O)c2ccc(Cl)cc2)CC1. The first-order valence-electron chi connectivity index (χ1n) is 8.30. The average Bonchev–Trinajstić information content (AvgIpc) is 2.54. The van der Waals surface area contributed by atoms with Crippen LogP contribution in [0.3, 0.4) is 0 Å². The van der Waals surface area contributed by atoms with Gasteiger partial charge in [-0.3, -0.25) is 9.69 Å². The van der Waals surface area contributed by atoms with Crippen LogP contribution in [0, 0.1) is 5.92 Å². The van der Waals surface area contributed by atoms with Gasteiger partial charge in [0, 0.05) is 18.1 Å². The van der Waals surface area contributed by atoms with E-state index in [0.29, 0.717) is 11.6 Å². The lowest BCUT2D eigenvalue weighted by atomic mass is 9.87. The maximum atomic E-state index is 12.1. The summed E-state index contributed by atoms with van der Waals surface area (Å²) in [5.41, 5.74) is 0.920. The Hall–Kier alpha value is -1.10. The Morgan fingerprint density at radius 2 is 1.87 bits per heavy atom. The highest BCUT2D eigenvalue weighted by molar-refractivity contribution is 6.30. The summed E-state index contributed by atoms with van der Waals surface area (Å²) in [4.78, 5) is 16.1. The number of aliphatic hydroxyl groups excluding tert-OH is 1.